The van der Waals surface area contributed by atoms with Gasteiger partial charge in [-0.25, -0.2) is 0 Å². The number of rotatable bonds is 10. The zero-order chi connectivity index (χ0) is 17.1. The van der Waals surface area contributed by atoms with Crippen molar-refractivity contribution in [2.24, 2.45) is 10.9 Å². The highest BCUT2D eigenvalue weighted by molar-refractivity contribution is 7.16. The molecule has 1 rings (SSSR count). The van der Waals surface area contributed by atoms with E-state index in [4.69, 9.17) is 16.3 Å². The van der Waals surface area contributed by atoms with Crippen LogP contribution in [0.1, 0.15) is 38.2 Å². The summed E-state index contributed by atoms with van der Waals surface area (Å²) in [6.07, 6.45) is 0.439. The van der Waals surface area contributed by atoms with Crippen LogP contribution < -0.4 is 10.6 Å². The first-order valence-electron chi connectivity index (χ1n) is 8.06. The summed E-state index contributed by atoms with van der Waals surface area (Å²) in [4.78, 5) is 5.22. The highest BCUT2D eigenvalue weighted by Gasteiger charge is 2.10. The van der Waals surface area contributed by atoms with Gasteiger partial charge in [0.1, 0.15) is 6.10 Å². The minimum atomic E-state index is -0.634. The van der Waals surface area contributed by atoms with Gasteiger partial charge in [-0.05, 0) is 31.4 Å². The van der Waals surface area contributed by atoms with Gasteiger partial charge >= 0.3 is 0 Å². The molecule has 0 aliphatic carbocycles. The summed E-state index contributed by atoms with van der Waals surface area (Å²) in [6, 6.07) is 3.61. The Bertz CT molecular complexity index is 466. The van der Waals surface area contributed by atoms with Crippen LogP contribution in [0.3, 0.4) is 0 Å². The normalized spacial score (nSPS) is 13.4. The summed E-state index contributed by atoms with van der Waals surface area (Å²) in [7, 11) is 0. The average molecular weight is 362 g/mol. The van der Waals surface area contributed by atoms with E-state index in [9.17, 15) is 5.11 Å². The molecular formula is C16H28ClN3O2S. The topological polar surface area (TPSA) is 65.9 Å². The van der Waals surface area contributed by atoms with Crippen molar-refractivity contribution in [3.8, 4) is 0 Å². The van der Waals surface area contributed by atoms with Crippen molar-refractivity contribution < 1.29 is 9.84 Å². The molecule has 0 fully saturated rings. The van der Waals surface area contributed by atoms with Crippen molar-refractivity contribution >= 4 is 28.9 Å². The number of nitrogens with one attached hydrogen (secondary N) is 2. The lowest BCUT2D eigenvalue weighted by atomic mass is 10.1. The molecule has 0 aliphatic rings. The van der Waals surface area contributed by atoms with Crippen LogP contribution in [-0.2, 0) is 4.74 Å². The van der Waals surface area contributed by atoms with Crippen molar-refractivity contribution in [1.29, 1.82) is 0 Å². The monoisotopic (exact) mass is 361 g/mol. The number of hydrogen-bond donors (Lipinski definition) is 3. The summed E-state index contributed by atoms with van der Waals surface area (Å²) in [5, 5.41) is 16.5. The smallest absolute Gasteiger partial charge is 0.191 e. The Balaban J connectivity index is 2.32. The number of guanidine groups is 1. The van der Waals surface area contributed by atoms with Crippen molar-refractivity contribution in [1.82, 2.24) is 10.6 Å². The number of nitrogens with zero attached hydrogens (tertiary/aromatic N) is 1. The van der Waals surface area contributed by atoms with Gasteiger partial charge in [-0.1, -0.05) is 25.4 Å². The first-order chi connectivity index (χ1) is 11.0. The molecule has 0 aromatic carbocycles. The molecule has 1 aromatic heterocycles. The third-order valence-corrected chi connectivity index (χ3v) is 4.40. The Morgan fingerprint density at radius 1 is 1.35 bits per heavy atom. The van der Waals surface area contributed by atoms with Gasteiger partial charge in [0.05, 0.1) is 17.5 Å². The van der Waals surface area contributed by atoms with E-state index >= 15 is 0 Å². The van der Waals surface area contributed by atoms with Gasteiger partial charge in [-0.15, -0.1) is 11.3 Å². The van der Waals surface area contributed by atoms with E-state index in [1.165, 1.54) is 11.3 Å². The van der Waals surface area contributed by atoms with Crippen molar-refractivity contribution in [2.45, 2.75) is 33.3 Å². The zero-order valence-corrected chi connectivity index (χ0v) is 15.7. The maximum absolute atomic E-state index is 10.1. The summed E-state index contributed by atoms with van der Waals surface area (Å²) >= 11 is 7.25. The number of thiophene rings is 1. The first-order valence-corrected chi connectivity index (χ1v) is 9.25. The van der Waals surface area contributed by atoms with Gasteiger partial charge in [-0.3, -0.25) is 4.99 Å². The molecule has 0 saturated heterocycles. The lowest BCUT2D eigenvalue weighted by Crippen LogP contribution is -2.39. The standard InChI is InChI=1S/C16H28ClN3O2S/c1-4-18-16(19-8-10-22-9-7-12(2)3)20-11-13(21)14-5-6-15(17)23-14/h5-6,12-13,21H,4,7-11H2,1-3H3,(H2,18,19,20). The second kappa shape index (κ2) is 11.7. The number of ether oxygens (including phenoxy) is 1. The maximum Gasteiger partial charge on any atom is 0.191 e. The molecule has 7 heteroatoms. The Morgan fingerprint density at radius 2 is 2.13 bits per heavy atom. The summed E-state index contributed by atoms with van der Waals surface area (Å²) in [5.74, 6) is 1.34. The molecule has 23 heavy (non-hydrogen) atoms. The molecule has 0 amide bonds. The van der Waals surface area contributed by atoms with E-state index in [0.717, 1.165) is 24.4 Å². The van der Waals surface area contributed by atoms with Crippen molar-refractivity contribution in [3.63, 3.8) is 0 Å². The van der Waals surface area contributed by atoms with Gasteiger partial charge in [-0.2, -0.15) is 0 Å². The molecule has 0 radical (unpaired) electrons. The molecule has 1 aromatic rings. The fourth-order valence-corrected chi connectivity index (χ4v) is 2.82. The van der Waals surface area contributed by atoms with E-state index in [1.807, 2.05) is 13.0 Å². The van der Waals surface area contributed by atoms with Gasteiger partial charge < -0.3 is 20.5 Å². The Kier molecular flexibility index (Phi) is 10.3. The predicted octanol–water partition coefficient (Wildman–Crippen LogP) is 3.05. The SMILES string of the molecule is CCNC(=NCC(O)c1ccc(Cl)s1)NCCOCCC(C)C. The van der Waals surface area contributed by atoms with E-state index in [2.05, 4.69) is 29.5 Å². The minimum absolute atomic E-state index is 0.292. The molecule has 1 unspecified atom stereocenters. The van der Waals surface area contributed by atoms with E-state index in [-0.39, 0.29) is 0 Å². The molecular weight excluding hydrogens is 334 g/mol. The van der Waals surface area contributed by atoms with Crippen LogP contribution >= 0.6 is 22.9 Å². The van der Waals surface area contributed by atoms with Gasteiger partial charge in [0, 0.05) is 24.6 Å². The quantitative estimate of drug-likeness (QED) is 0.340. The van der Waals surface area contributed by atoms with Gasteiger partial charge in [0.25, 0.3) is 0 Å². The second-order valence-electron chi connectivity index (χ2n) is 5.60. The van der Waals surface area contributed by atoms with E-state index in [0.29, 0.717) is 35.9 Å². The van der Waals surface area contributed by atoms with Crippen LogP contribution in [0.25, 0.3) is 0 Å². The molecule has 0 saturated carbocycles. The third kappa shape index (κ3) is 9.15. The maximum atomic E-state index is 10.1. The number of halogens is 1. The first kappa shape index (κ1) is 20.2. The Morgan fingerprint density at radius 3 is 2.74 bits per heavy atom. The fraction of sp³-hybridized carbons (Fsp3) is 0.688. The molecule has 5 nitrogen and oxygen atoms in total. The Labute approximate surface area is 148 Å². The molecule has 0 spiro atoms. The minimum Gasteiger partial charge on any atom is -0.386 e. The average Bonchev–Trinajstić information content (AvgIpc) is 2.94. The van der Waals surface area contributed by atoms with Crippen LogP contribution in [0.4, 0.5) is 0 Å². The van der Waals surface area contributed by atoms with Crippen molar-refractivity contribution in [2.75, 3.05) is 32.8 Å². The van der Waals surface area contributed by atoms with E-state index in [1.54, 1.807) is 6.07 Å². The van der Waals surface area contributed by atoms with Crippen LogP contribution in [0, 0.1) is 5.92 Å². The molecule has 1 heterocycles. The largest absolute Gasteiger partial charge is 0.386 e. The van der Waals surface area contributed by atoms with Crippen LogP contribution in [0.15, 0.2) is 17.1 Å². The molecule has 132 valence electrons. The van der Waals surface area contributed by atoms with Crippen LogP contribution in [0.5, 0.6) is 0 Å². The van der Waals surface area contributed by atoms with Gasteiger partial charge in [0.15, 0.2) is 5.96 Å². The Hall–Kier alpha value is -0.820. The highest BCUT2D eigenvalue weighted by Crippen LogP contribution is 2.26. The molecule has 3 N–H and O–H groups in total. The predicted molar refractivity (Wildman–Crippen MR) is 98.5 cm³/mol. The van der Waals surface area contributed by atoms with Crippen LogP contribution in [-0.4, -0.2) is 43.9 Å². The molecule has 1 atom stereocenters. The number of aliphatic imine (C=N–C) groups is 1. The van der Waals surface area contributed by atoms with Gasteiger partial charge in [0.2, 0.25) is 0 Å². The van der Waals surface area contributed by atoms with Crippen LogP contribution in [0.2, 0.25) is 4.34 Å². The summed E-state index contributed by atoms with van der Waals surface area (Å²) < 4.78 is 6.24. The lowest BCUT2D eigenvalue weighted by Gasteiger charge is -2.13. The van der Waals surface area contributed by atoms with E-state index < -0.39 is 6.10 Å². The van der Waals surface area contributed by atoms with Crippen molar-refractivity contribution in [3.05, 3.63) is 21.3 Å². The third-order valence-electron chi connectivity index (χ3n) is 3.07. The number of aliphatic hydroxyl groups excluding tert-OH is 1. The fourth-order valence-electron chi connectivity index (χ4n) is 1.78. The molecule has 0 aliphatic heterocycles. The summed E-state index contributed by atoms with van der Waals surface area (Å²) in [5.41, 5.74) is 0. The zero-order valence-electron chi connectivity index (χ0n) is 14.1. The number of hydrogen-bond acceptors (Lipinski definition) is 4. The second-order valence-corrected chi connectivity index (χ2v) is 7.35. The lowest BCUT2D eigenvalue weighted by molar-refractivity contribution is 0.128. The summed E-state index contributed by atoms with van der Waals surface area (Å²) in [6.45, 7) is 9.54. The number of aliphatic hydroxyl groups is 1. The molecule has 0 bridgehead atoms. The highest BCUT2D eigenvalue weighted by atomic mass is 35.5.